The third-order valence-electron chi connectivity index (χ3n) is 6.23. The summed E-state index contributed by atoms with van der Waals surface area (Å²) in [5.41, 5.74) is 7.00. The Morgan fingerprint density at radius 2 is 2.00 bits per heavy atom. The number of nitrogens with one attached hydrogen (secondary N) is 1. The van der Waals surface area contributed by atoms with Crippen molar-refractivity contribution < 1.29 is 19.1 Å². The number of aromatic nitrogens is 3. The number of benzene rings is 2. The van der Waals surface area contributed by atoms with E-state index in [1.165, 1.54) is 4.57 Å². The minimum absolute atomic E-state index is 0.253. The van der Waals surface area contributed by atoms with Gasteiger partial charge in [0, 0.05) is 38.3 Å². The van der Waals surface area contributed by atoms with Gasteiger partial charge >= 0.3 is 11.7 Å². The van der Waals surface area contributed by atoms with Gasteiger partial charge in [0.1, 0.15) is 6.61 Å². The van der Waals surface area contributed by atoms with Crippen LogP contribution < -0.4 is 11.1 Å². The SMILES string of the molecule is Cc1c(C(O)CNCc2cc(-c3ccc4oc(=O)n(C)c4c3)n(C)n2)ccc2c1COC2=O. The van der Waals surface area contributed by atoms with Gasteiger partial charge in [0.15, 0.2) is 5.58 Å². The van der Waals surface area contributed by atoms with Crippen molar-refractivity contribution in [3.8, 4) is 11.3 Å². The molecule has 0 spiro atoms. The summed E-state index contributed by atoms with van der Waals surface area (Å²) in [6.07, 6.45) is -0.723. The van der Waals surface area contributed by atoms with Crippen LogP contribution in [0.3, 0.4) is 0 Å². The zero-order valence-electron chi connectivity index (χ0n) is 18.6. The molecule has 0 saturated carbocycles. The number of rotatable bonds is 6. The number of hydrogen-bond donors (Lipinski definition) is 2. The Kier molecular flexibility index (Phi) is 5.15. The van der Waals surface area contributed by atoms with Gasteiger partial charge in [-0.2, -0.15) is 5.10 Å². The van der Waals surface area contributed by atoms with Crippen LogP contribution in [0.25, 0.3) is 22.4 Å². The highest BCUT2D eigenvalue weighted by Crippen LogP contribution is 2.29. The topological polar surface area (TPSA) is 112 Å². The molecule has 33 heavy (non-hydrogen) atoms. The number of nitrogens with zero attached hydrogens (tertiary/aromatic N) is 3. The van der Waals surface area contributed by atoms with Crippen molar-refractivity contribution in [2.45, 2.75) is 26.2 Å². The number of aliphatic hydroxyl groups is 1. The molecule has 1 aliphatic rings. The fourth-order valence-corrected chi connectivity index (χ4v) is 4.34. The highest BCUT2D eigenvalue weighted by atomic mass is 16.5. The average Bonchev–Trinajstić information content (AvgIpc) is 3.44. The number of fused-ring (bicyclic) bond motifs is 2. The number of hydrogen-bond acceptors (Lipinski definition) is 7. The van der Waals surface area contributed by atoms with Gasteiger partial charge in [0.05, 0.1) is 28.6 Å². The molecule has 2 aromatic heterocycles. The molecule has 1 unspecified atom stereocenters. The van der Waals surface area contributed by atoms with Crippen LogP contribution in [0.1, 0.15) is 38.8 Å². The first-order valence-electron chi connectivity index (χ1n) is 10.6. The maximum absolute atomic E-state index is 11.8. The lowest BCUT2D eigenvalue weighted by Crippen LogP contribution is -2.22. The first kappa shape index (κ1) is 21.2. The molecule has 0 fully saturated rings. The predicted molar refractivity (Wildman–Crippen MR) is 121 cm³/mol. The number of carbonyl (C=O) groups excluding carboxylic acids is 1. The monoisotopic (exact) mass is 448 g/mol. The summed E-state index contributed by atoms with van der Waals surface area (Å²) in [7, 11) is 3.54. The number of cyclic esters (lactones) is 1. The van der Waals surface area contributed by atoms with Gasteiger partial charge in [-0.25, -0.2) is 9.59 Å². The quantitative estimate of drug-likeness (QED) is 0.436. The number of carbonyl (C=O) groups is 1. The summed E-state index contributed by atoms with van der Waals surface area (Å²) in [5.74, 6) is -0.708. The third-order valence-corrected chi connectivity index (χ3v) is 6.23. The summed E-state index contributed by atoms with van der Waals surface area (Å²) >= 11 is 0. The average molecular weight is 448 g/mol. The van der Waals surface area contributed by atoms with E-state index in [1.54, 1.807) is 29.9 Å². The summed E-state index contributed by atoms with van der Waals surface area (Å²) in [5, 5.41) is 18.5. The molecule has 1 aliphatic heterocycles. The Morgan fingerprint density at radius 3 is 2.82 bits per heavy atom. The Morgan fingerprint density at radius 1 is 1.18 bits per heavy atom. The van der Waals surface area contributed by atoms with E-state index >= 15 is 0 Å². The minimum Gasteiger partial charge on any atom is -0.457 e. The zero-order valence-corrected chi connectivity index (χ0v) is 18.6. The molecule has 5 rings (SSSR count). The van der Waals surface area contributed by atoms with E-state index < -0.39 is 11.9 Å². The highest BCUT2D eigenvalue weighted by molar-refractivity contribution is 5.94. The molecule has 4 aromatic rings. The highest BCUT2D eigenvalue weighted by Gasteiger charge is 2.25. The van der Waals surface area contributed by atoms with Gasteiger partial charge in [0.2, 0.25) is 0 Å². The van der Waals surface area contributed by atoms with E-state index in [0.717, 1.165) is 39.2 Å². The normalized spacial score (nSPS) is 14.0. The molecule has 0 radical (unpaired) electrons. The first-order valence-corrected chi connectivity index (χ1v) is 10.6. The fourth-order valence-electron chi connectivity index (χ4n) is 4.34. The third kappa shape index (κ3) is 3.65. The van der Waals surface area contributed by atoms with Crippen LogP contribution in [-0.4, -0.2) is 32.0 Å². The van der Waals surface area contributed by atoms with E-state index in [9.17, 15) is 14.7 Å². The number of esters is 1. The fraction of sp³-hybridized carbons (Fsp3) is 0.292. The minimum atomic E-state index is -0.723. The summed E-state index contributed by atoms with van der Waals surface area (Å²) < 4.78 is 13.6. The number of oxazole rings is 1. The standard InChI is InChI=1S/C24H24N4O5/c1-13-16(5-6-17-18(13)12-32-23(17)30)21(29)11-25-10-15-9-19(28(3)26-15)14-4-7-22-20(8-14)27(2)24(31)33-22/h4-9,21,25,29H,10-12H2,1-3H3. The molecule has 0 aliphatic carbocycles. The lowest BCUT2D eigenvalue weighted by molar-refractivity contribution is 0.0535. The van der Waals surface area contributed by atoms with Crippen LogP contribution in [0, 0.1) is 6.92 Å². The summed E-state index contributed by atoms with van der Waals surface area (Å²) in [6.45, 7) is 2.97. The van der Waals surface area contributed by atoms with Crippen LogP contribution >= 0.6 is 0 Å². The van der Waals surface area contributed by atoms with Crippen molar-refractivity contribution in [1.29, 1.82) is 0 Å². The Hall–Kier alpha value is -3.69. The second kappa shape index (κ2) is 8.02. The van der Waals surface area contributed by atoms with Crippen molar-refractivity contribution in [3.05, 3.63) is 74.9 Å². The van der Waals surface area contributed by atoms with E-state index in [4.69, 9.17) is 9.15 Å². The molecule has 0 saturated heterocycles. The van der Waals surface area contributed by atoms with Crippen molar-refractivity contribution in [3.63, 3.8) is 0 Å². The second-order valence-electron chi connectivity index (χ2n) is 8.28. The maximum atomic E-state index is 11.8. The zero-order chi connectivity index (χ0) is 23.3. The second-order valence-corrected chi connectivity index (χ2v) is 8.28. The molecule has 9 nitrogen and oxygen atoms in total. The van der Waals surface area contributed by atoms with Gasteiger partial charge in [-0.3, -0.25) is 9.25 Å². The van der Waals surface area contributed by atoms with Crippen LogP contribution in [0.15, 0.2) is 45.6 Å². The maximum Gasteiger partial charge on any atom is 0.419 e. The van der Waals surface area contributed by atoms with Crippen LogP contribution in [0.5, 0.6) is 0 Å². The molecule has 2 aromatic carbocycles. The largest absolute Gasteiger partial charge is 0.457 e. The van der Waals surface area contributed by atoms with E-state index in [0.29, 0.717) is 24.2 Å². The molecular weight excluding hydrogens is 424 g/mol. The molecule has 0 amide bonds. The lowest BCUT2D eigenvalue weighted by atomic mass is 9.95. The van der Waals surface area contributed by atoms with Crippen LogP contribution in [0.2, 0.25) is 0 Å². The van der Waals surface area contributed by atoms with Gasteiger partial charge in [-0.1, -0.05) is 6.07 Å². The van der Waals surface area contributed by atoms with Gasteiger partial charge in [0.25, 0.3) is 0 Å². The number of aliphatic hydroxyl groups excluding tert-OH is 1. The molecule has 0 bridgehead atoms. The van der Waals surface area contributed by atoms with Crippen molar-refractivity contribution in [1.82, 2.24) is 19.7 Å². The molecular formula is C24H24N4O5. The Bertz CT molecular complexity index is 1450. The van der Waals surface area contributed by atoms with E-state index in [2.05, 4.69) is 10.4 Å². The molecule has 170 valence electrons. The summed E-state index contributed by atoms with van der Waals surface area (Å²) in [4.78, 5) is 23.5. The van der Waals surface area contributed by atoms with Crippen LogP contribution in [-0.2, 0) is 32.0 Å². The molecule has 9 heteroatoms. The van der Waals surface area contributed by atoms with Crippen molar-refractivity contribution in [2.24, 2.45) is 14.1 Å². The molecule has 3 heterocycles. The summed E-state index contributed by atoms with van der Waals surface area (Å²) in [6, 6.07) is 11.1. The molecule has 1 atom stereocenters. The van der Waals surface area contributed by atoms with E-state index in [1.807, 2.05) is 32.2 Å². The lowest BCUT2D eigenvalue weighted by Gasteiger charge is -2.16. The van der Waals surface area contributed by atoms with Crippen molar-refractivity contribution in [2.75, 3.05) is 6.54 Å². The number of ether oxygens (including phenoxy) is 1. The van der Waals surface area contributed by atoms with Gasteiger partial charge in [-0.15, -0.1) is 0 Å². The van der Waals surface area contributed by atoms with Crippen LogP contribution in [0.4, 0.5) is 0 Å². The number of aryl methyl sites for hydroxylation is 2. The van der Waals surface area contributed by atoms with Gasteiger partial charge in [-0.05, 0) is 48.4 Å². The Labute approximate surface area is 189 Å². The first-order chi connectivity index (χ1) is 15.8. The predicted octanol–water partition coefficient (Wildman–Crippen LogP) is 2.33. The smallest absolute Gasteiger partial charge is 0.419 e. The molecule has 2 N–H and O–H groups in total. The Balaban J connectivity index is 1.28. The van der Waals surface area contributed by atoms with Gasteiger partial charge < -0.3 is 19.6 Å². The van der Waals surface area contributed by atoms with E-state index in [-0.39, 0.29) is 12.6 Å². The van der Waals surface area contributed by atoms with Crippen molar-refractivity contribution >= 4 is 17.1 Å².